The monoisotopic (exact) mass is 247 g/mol. The lowest BCUT2D eigenvalue weighted by Gasteiger charge is -2.10. The molecule has 1 amide bonds. The molecule has 5 heteroatoms. The van der Waals surface area contributed by atoms with Gasteiger partial charge in [0, 0.05) is 11.4 Å². The zero-order valence-corrected chi connectivity index (χ0v) is 9.87. The number of nitrogens with zero attached hydrogens (tertiary/aromatic N) is 1. The molecule has 0 saturated heterocycles. The molecule has 0 atom stereocenters. The average molecular weight is 247 g/mol. The maximum atomic E-state index is 13.5. The summed E-state index contributed by atoms with van der Waals surface area (Å²) in [7, 11) is 0. The number of hydrogen-bond donors (Lipinski definition) is 2. The highest BCUT2D eigenvalue weighted by Crippen LogP contribution is 2.21. The van der Waals surface area contributed by atoms with Crippen molar-refractivity contribution in [3.63, 3.8) is 0 Å². The van der Waals surface area contributed by atoms with Gasteiger partial charge >= 0.3 is 0 Å². The molecule has 0 bridgehead atoms. The summed E-state index contributed by atoms with van der Waals surface area (Å²) < 4.78 is 13.5. The summed E-state index contributed by atoms with van der Waals surface area (Å²) in [4.78, 5) is 12.1. The number of carbonyl (C=O) groups excluding carboxylic acids is 1. The number of aromatic nitrogens is 2. The van der Waals surface area contributed by atoms with Crippen molar-refractivity contribution >= 4 is 16.8 Å². The first-order chi connectivity index (χ1) is 8.75. The summed E-state index contributed by atoms with van der Waals surface area (Å²) >= 11 is 0. The molecule has 1 fully saturated rings. The van der Waals surface area contributed by atoms with Crippen LogP contribution in [0.2, 0.25) is 0 Å². The van der Waals surface area contributed by atoms with Crippen LogP contribution in [0.4, 0.5) is 4.39 Å². The zero-order chi connectivity index (χ0) is 12.5. The molecular weight excluding hydrogens is 233 g/mol. The van der Waals surface area contributed by atoms with E-state index in [4.69, 9.17) is 0 Å². The van der Waals surface area contributed by atoms with Crippen molar-refractivity contribution in [1.29, 1.82) is 0 Å². The van der Waals surface area contributed by atoms with Crippen LogP contribution in [0.1, 0.15) is 36.2 Å². The summed E-state index contributed by atoms with van der Waals surface area (Å²) in [6.45, 7) is 0. The first kappa shape index (κ1) is 11.2. The summed E-state index contributed by atoms with van der Waals surface area (Å²) in [5, 5.41) is 9.97. The molecule has 0 unspecified atom stereocenters. The van der Waals surface area contributed by atoms with E-state index >= 15 is 0 Å². The summed E-state index contributed by atoms with van der Waals surface area (Å²) in [5.74, 6) is -0.612. The quantitative estimate of drug-likeness (QED) is 0.856. The molecule has 2 aromatic rings. The lowest BCUT2D eigenvalue weighted by molar-refractivity contribution is 0.0934. The maximum absolute atomic E-state index is 13.5. The maximum Gasteiger partial charge on any atom is 0.270 e. The Kier molecular flexibility index (Phi) is 2.74. The van der Waals surface area contributed by atoms with E-state index < -0.39 is 5.82 Å². The van der Waals surface area contributed by atoms with Gasteiger partial charge in [-0.15, -0.1) is 0 Å². The Morgan fingerprint density at radius 3 is 2.94 bits per heavy atom. The number of rotatable bonds is 2. The van der Waals surface area contributed by atoms with E-state index in [9.17, 15) is 9.18 Å². The first-order valence-electron chi connectivity index (χ1n) is 6.19. The number of benzene rings is 1. The Hall–Kier alpha value is -1.91. The number of hydrogen-bond acceptors (Lipinski definition) is 2. The molecule has 2 N–H and O–H groups in total. The Morgan fingerprint density at radius 1 is 1.39 bits per heavy atom. The normalized spacial score (nSPS) is 16.3. The third-order valence-electron chi connectivity index (χ3n) is 3.45. The predicted molar refractivity (Wildman–Crippen MR) is 65.8 cm³/mol. The highest BCUT2D eigenvalue weighted by Gasteiger charge is 2.21. The number of fused-ring (bicyclic) bond motifs is 1. The van der Waals surface area contributed by atoms with E-state index in [1.165, 1.54) is 6.07 Å². The van der Waals surface area contributed by atoms with Crippen molar-refractivity contribution in [3.8, 4) is 0 Å². The number of carbonyl (C=O) groups is 1. The van der Waals surface area contributed by atoms with Crippen LogP contribution in [0.15, 0.2) is 18.2 Å². The van der Waals surface area contributed by atoms with Gasteiger partial charge in [-0.05, 0) is 18.9 Å². The van der Waals surface area contributed by atoms with Gasteiger partial charge in [-0.2, -0.15) is 5.10 Å². The fourth-order valence-electron chi connectivity index (χ4n) is 2.50. The largest absolute Gasteiger partial charge is 0.348 e. The van der Waals surface area contributed by atoms with Gasteiger partial charge in [0.25, 0.3) is 5.91 Å². The zero-order valence-electron chi connectivity index (χ0n) is 9.87. The lowest BCUT2D eigenvalue weighted by Crippen LogP contribution is -2.32. The van der Waals surface area contributed by atoms with Crippen molar-refractivity contribution in [1.82, 2.24) is 15.5 Å². The van der Waals surface area contributed by atoms with Crippen LogP contribution < -0.4 is 5.32 Å². The van der Waals surface area contributed by atoms with Crippen molar-refractivity contribution in [2.75, 3.05) is 0 Å². The highest BCUT2D eigenvalue weighted by molar-refractivity contribution is 6.04. The van der Waals surface area contributed by atoms with E-state index in [2.05, 4.69) is 15.5 Å². The number of halogens is 1. The van der Waals surface area contributed by atoms with Crippen LogP contribution in [0.3, 0.4) is 0 Å². The van der Waals surface area contributed by atoms with Crippen molar-refractivity contribution in [2.24, 2.45) is 0 Å². The number of aromatic amines is 1. The third kappa shape index (κ3) is 1.85. The third-order valence-corrected chi connectivity index (χ3v) is 3.45. The number of para-hydroxylation sites is 1. The Bertz CT molecular complexity index is 587. The molecular formula is C13H14FN3O. The van der Waals surface area contributed by atoms with Crippen LogP contribution in [-0.4, -0.2) is 22.1 Å². The lowest BCUT2D eigenvalue weighted by atomic mass is 10.2. The smallest absolute Gasteiger partial charge is 0.270 e. The van der Waals surface area contributed by atoms with Crippen LogP contribution in [0.25, 0.3) is 10.9 Å². The van der Waals surface area contributed by atoms with Gasteiger partial charge in [-0.1, -0.05) is 25.0 Å². The van der Waals surface area contributed by atoms with E-state index in [0.29, 0.717) is 11.1 Å². The summed E-state index contributed by atoms with van der Waals surface area (Å²) in [5.41, 5.74) is 0.561. The second-order valence-corrected chi connectivity index (χ2v) is 4.69. The topological polar surface area (TPSA) is 57.8 Å². The Balaban J connectivity index is 1.89. The second kappa shape index (κ2) is 4.40. The van der Waals surface area contributed by atoms with Gasteiger partial charge < -0.3 is 5.32 Å². The number of nitrogens with one attached hydrogen (secondary N) is 2. The van der Waals surface area contributed by atoms with Crippen molar-refractivity contribution in [3.05, 3.63) is 29.7 Å². The highest BCUT2D eigenvalue weighted by atomic mass is 19.1. The molecule has 0 spiro atoms. The fourth-order valence-corrected chi connectivity index (χ4v) is 2.50. The number of amides is 1. The minimum Gasteiger partial charge on any atom is -0.348 e. The van der Waals surface area contributed by atoms with Gasteiger partial charge in [0.1, 0.15) is 11.2 Å². The van der Waals surface area contributed by atoms with Gasteiger partial charge in [-0.3, -0.25) is 9.89 Å². The average Bonchev–Trinajstić information content (AvgIpc) is 2.98. The van der Waals surface area contributed by atoms with Crippen molar-refractivity contribution in [2.45, 2.75) is 31.7 Å². The molecule has 1 saturated carbocycles. The van der Waals surface area contributed by atoms with Crippen LogP contribution >= 0.6 is 0 Å². The second-order valence-electron chi connectivity index (χ2n) is 4.69. The van der Waals surface area contributed by atoms with E-state index in [1.54, 1.807) is 12.1 Å². The molecule has 1 aromatic heterocycles. The standard InChI is InChI=1S/C13H14FN3O/c14-10-7-3-6-9-11(10)16-17-12(9)13(18)15-8-4-1-2-5-8/h3,6-8H,1-2,4-5H2,(H,15,18)(H,16,17). The van der Waals surface area contributed by atoms with E-state index in [1.807, 2.05) is 0 Å². The Labute approximate surface area is 104 Å². The molecule has 1 aliphatic rings. The molecule has 0 radical (unpaired) electrons. The molecule has 1 heterocycles. The molecule has 1 aliphatic carbocycles. The fraction of sp³-hybridized carbons (Fsp3) is 0.385. The Morgan fingerprint density at radius 2 is 2.17 bits per heavy atom. The minimum absolute atomic E-state index is 0.199. The molecule has 18 heavy (non-hydrogen) atoms. The van der Waals surface area contributed by atoms with Crippen LogP contribution in [0, 0.1) is 5.82 Å². The molecule has 1 aromatic carbocycles. The van der Waals surface area contributed by atoms with Gasteiger partial charge in [0.15, 0.2) is 5.82 Å². The van der Waals surface area contributed by atoms with Crippen molar-refractivity contribution < 1.29 is 9.18 Å². The first-order valence-corrected chi connectivity index (χ1v) is 6.19. The van der Waals surface area contributed by atoms with Gasteiger partial charge in [0.2, 0.25) is 0 Å². The van der Waals surface area contributed by atoms with Gasteiger partial charge in [-0.25, -0.2) is 4.39 Å². The SMILES string of the molecule is O=C(NC1CCCC1)c1[nH]nc2c(F)cccc12. The number of H-pyrrole nitrogens is 1. The summed E-state index contributed by atoms with van der Waals surface area (Å²) in [6, 6.07) is 4.86. The minimum atomic E-state index is -0.413. The van der Waals surface area contributed by atoms with Gasteiger partial charge in [0.05, 0.1) is 0 Å². The van der Waals surface area contributed by atoms with E-state index in [-0.39, 0.29) is 17.5 Å². The van der Waals surface area contributed by atoms with E-state index in [0.717, 1.165) is 25.7 Å². The van der Waals surface area contributed by atoms with Crippen LogP contribution in [0.5, 0.6) is 0 Å². The predicted octanol–water partition coefficient (Wildman–Crippen LogP) is 2.37. The molecule has 94 valence electrons. The summed E-state index contributed by atoms with van der Waals surface area (Å²) in [6.07, 6.45) is 4.35. The van der Waals surface area contributed by atoms with Crippen LogP contribution in [-0.2, 0) is 0 Å². The molecule has 0 aliphatic heterocycles. The molecule has 3 rings (SSSR count). The molecule has 4 nitrogen and oxygen atoms in total.